The average Bonchev–Trinajstić information content (AvgIpc) is 2.47. The molecule has 3 heteroatoms. The Morgan fingerprint density at radius 3 is 2.75 bits per heavy atom. The highest BCUT2D eigenvalue weighted by molar-refractivity contribution is 5.76. The second kappa shape index (κ2) is 7.44. The van der Waals surface area contributed by atoms with Crippen LogP contribution in [-0.4, -0.2) is 19.0 Å². The van der Waals surface area contributed by atoms with E-state index >= 15 is 0 Å². The first-order valence-corrected chi connectivity index (χ1v) is 7.82. The van der Waals surface area contributed by atoms with Crippen LogP contribution in [-0.2, 0) is 17.6 Å². The van der Waals surface area contributed by atoms with Gasteiger partial charge in [-0.3, -0.25) is 4.79 Å². The molecule has 1 aromatic rings. The van der Waals surface area contributed by atoms with Gasteiger partial charge in [-0.1, -0.05) is 25.1 Å². The topological polar surface area (TPSA) is 41.1 Å². The summed E-state index contributed by atoms with van der Waals surface area (Å²) in [7, 11) is 0. The van der Waals surface area contributed by atoms with Gasteiger partial charge in [0.1, 0.15) is 0 Å². The van der Waals surface area contributed by atoms with Crippen LogP contribution in [0.4, 0.5) is 0 Å². The Bertz CT molecular complexity index is 456. The lowest BCUT2D eigenvalue weighted by molar-refractivity contribution is -0.121. The van der Waals surface area contributed by atoms with Crippen LogP contribution in [0.15, 0.2) is 18.2 Å². The first kappa shape index (κ1) is 15.0. The van der Waals surface area contributed by atoms with E-state index in [-0.39, 0.29) is 11.9 Å². The van der Waals surface area contributed by atoms with Crippen LogP contribution >= 0.6 is 0 Å². The molecule has 0 saturated carbocycles. The molecule has 1 aliphatic carbocycles. The largest absolute Gasteiger partial charge is 0.350 e. The highest BCUT2D eigenvalue weighted by atomic mass is 16.1. The summed E-state index contributed by atoms with van der Waals surface area (Å²) in [6, 6.07) is 6.78. The van der Waals surface area contributed by atoms with Gasteiger partial charge in [-0.15, -0.1) is 0 Å². The van der Waals surface area contributed by atoms with Crippen LogP contribution in [0.25, 0.3) is 0 Å². The average molecular weight is 274 g/mol. The van der Waals surface area contributed by atoms with Crippen LogP contribution in [0.5, 0.6) is 0 Å². The Morgan fingerprint density at radius 1 is 1.25 bits per heavy atom. The molecular formula is C17H26N2O. The maximum absolute atomic E-state index is 11.8. The van der Waals surface area contributed by atoms with E-state index in [1.807, 2.05) is 6.92 Å². The van der Waals surface area contributed by atoms with Crippen molar-refractivity contribution in [2.75, 3.05) is 13.1 Å². The second-order valence-electron chi connectivity index (χ2n) is 5.63. The minimum atomic E-state index is 0.0938. The lowest BCUT2D eigenvalue weighted by atomic mass is 9.89. The van der Waals surface area contributed by atoms with Crippen molar-refractivity contribution in [3.05, 3.63) is 34.9 Å². The van der Waals surface area contributed by atoms with E-state index in [0.717, 1.165) is 13.1 Å². The van der Waals surface area contributed by atoms with Crippen molar-refractivity contribution < 1.29 is 4.79 Å². The molecule has 0 spiro atoms. The molecular weight excluding hydrogens is 248 g/mol. The predicted molar refractivity (Wildman–Crippen MR) is 82.8 cm³/mol. The van der Waals surface area contributed by atoms with E-state index in [1.165, 1.54) is 42.4 Å². The number of hydrogen-bond donors (Lipinski definition) is 2. The molecule has 0 radical (unpaired) electrons. The maximum Gasteiger partial charge on any atom is 0.221 e. The van der Waals surface area contributed by atoms with Gasteiger partial charge >= 0.3 is 0 Å². The molecule has 0 aliphatic heterocycles. The first-order chi connectivity index (χ1) is 9.70. The standard InChI is InChI=1S/C17H26N2O/c1-3-18-11-10-17(20)19-13(2)15-9-8-14-6-4-5-7-16(14)12-15/h8-9,12-13,18H,3-7,10-11H2,1-2H3,(H,19,20). The number of rotatable bonds is 6. The molecule has 2 N–H and O–H groups in total. The van der Waals surface area contributed by atoms with E-state index in [0.29, 0.717) is 6.42 Å². The summed E-state index contributed by atoms with van der Waals surface area (Å²) in [6.45, 7) is 5.77. The molecule has 0 heterocycles. The monoisotopic (exact) mass is 274 g/mol. The predicted octanol–water partition coefficient (Wildman–Crippen LogP) is 2.74. The molecule has 1 aliphatic rings. The number of hydrogen-bond acceptors (Lipinski definition) is 2. The van der Waals surface area contributed by atoms with Gasteiger partial charge < -0.3 is 10.6 Å². The third-order valence-electron chi connectivity index (χ3n) is 4.03. The molecule has 2 rings (SSSR count). The number of benzene rings is 1. The Hall–Kier alpha value is -1.35. The summed E-state index contributed by atoms with van der Waals surface area (Å²) in [5.74, 6) is 0.121. The quantitative estimate of drug-likeness (QED) is 0.783. The van der Waals surface area contributed by atoms with Crippen molar-refractivity contribution in [1.29, 1.82) is 0 Å². The molecule has 110 valence electrons. The smallest absolute Gasteiger partial charge is 0.221 e. The van der Waals surface area contributed by atoms with Gasteiger partial charge in [-0.2, -0.15) is 0 Å². The van der Waals surface area contributed by atoms with Crippen LogP contribution in [0.2, 0.25) is 0 Å². The van der Waals surface area contributed by atoms with Gasteiger partial charge in [-0.05, 0) is 55.8 Å². The van der Waals surface area contributed by atoms with Crippen LogP contribution in [0.3, 0.4) is 0 Å². The minimum Gasteiger partial charge on any atom is -0.350 e. The zero-order valence-electron chi connectivity index (χ0n) is 12.7. The fraction of sp³-hybridized carbons (Fsp3) is 0.588. The molecule has 1 atom stereocenters. The Labute approximate surface area is 122 Å². The normalized spacial score (nSPS) is 15.5. The fourth-order valence-electron chi connectivity index (χ4n) is 2.80. The first-order valence-electron chi connectivity index (χ1n) is 7.82. The van der Waals surface area contributed by atoms with Gasteiger partial charge in [0.25, 0.3) is 0 Å². The molecule has 20 heavy (non-hydrogen) atoms. The highest BCUT2D eigenvalue weighted by Gasteiger charge is 2.13. The SMILES string of the molecule is CCNCCC(=O)NC(C)c1ccc2c(c1)CCCC2. The zero-order valence-corrected chi connectivity index (χ0v) is 12.7. The summed E-state index contributed by atoms with van der Waals surface area (Å²) in [5, 5.41) is 6.26. The van der Waals surface area contributed by atoms with Gasteiger partial charge in [0.05, 0.1) is 6.04 Å². The minimum absolute atomic E-state index is 0.0938. The van der Waals surface area contributed by atoms with Gasteiger partial charge in [0.15, 0.2) is 0 Å². The van der Waals surface area contributed by atoms with E-state index in [2.05, 4.69) is 35.8 Å². The molecule has 1 unspecified atom stereocenters. The third-order valence-corrected chi connectivity index (χ3v) is 4.03. The molecule has 1 amide bonds. The second-order valence-corrected chi connectivity index (χ2v) is 5.63. The summed E-state index contributed by atoms with van der Waals surface area (Å²) >= 11 is 0. The third kappa shape index (κ3) is 4.07. The number of amides is 1. The molecule has 0 bridgehead atoms. The van der Waals surface area contributed by atoms with Gasteiger partial charge in [0, 0.05) is 13.0 Å². The lowest BCUT2D eigenvalue weighted by Crippen LogP contribution is -2.29. The van der Waals surface area contributed by atoms with Crippen molar-refractivity contribution in [3.8, 4) is 0 Å². The molecule has 0 fully saturated rings. The lowest BCUT2D eigenvalue weighted by Gasteiger charge is -2.20. The summed E-state index contributed by atoms with van der Waals surface area (Å²) in [4.78, 5) is 11.8. The van der Waals surface area contributed by atoms with E-state index in [9.17, 15) is 4.79 Å². The van der Waals surface area contributed by atoms with E-state index in [4.69, 9.17) is 0 Å². The summed E-state index contributed by atoms with van der Waals surface area (Å²) in [6.07, 6.45) is 5.54. The number of nitrogens with one attached hydrogen (secondary N) is 2. The van der Waals surface area contributed by atoms with Crippen LogP contribution in [0.1, 0.15) is 55.8 Å². The van der Waals surface area contributed by atoms with Crippen molar-refractivity contribution in [2.24, 2.45) is 0 Å². The number of fused-ring (bicyclic) bond motifs is 1. The molecule has 0 aromatic heterocycles. The maximum atomic E-state index is 11.8. The Balaban J connectivity index is 1.91. The van der Waals surface area contributed by atoms with E-state index < -0.39 is 0 Å². The molecule has 3 nitrogen and oxygen atoms in total. The van der Waals surface area contributed by atoms with Crippen molar-refractivity contribution in [2.45, 2.75) is 52.0 Å². The fourth-order valence-corrected chi connectivity index (χ4v) is 2.80. The highest BCUT2D eigenvalue weighted by Crippen LogP contribution is 2.24. The van der Waals surface area contributed by atoms with Crippen molar-refractivity contribution in [3.63, 3.8) is 0 Å². The van der Waals surface area contributed by atoms with Crippen LogP contribution in [0, 0.1) is 0 Å². The van der Waals surface area contributed by atoms with Crippen molar-refractivity contribution >= 4 is 5.91 Å². The number of carbonyl (C=O) groups excluding carboxylic acids is 1. The zero-order chi connectivity index (χ0) is 14.4. The Morgan fingerprint density at radius 2 is 2.00 bits per heavy atom. The van der Waals surface area contributed by atoms with Crippen LogP contribution < -0.4 is 10.6 Å². The van der Waals surface area contributed by atoms with Crippen molar-refractivity contribution in [1.82, 2.24) is 10.6 Å². The summed E-state index contributed by atoms with van der Waals surface area (Å²) in [5.41, 5.74) is 4.19. The van der Waals surface area contributed by atoms with Gasteiger partial charge in [-0.25, -0.2) is 0 Å². The number of carbonyl (C=O) groups is 1. The molecule has 0 saturated heterocycles. The number of aryl methyl sites for hydroxylation is 2. The summed E-state index contributed by atoms with van der Waals surface area (Å²) < 4.78 is 0. The Kier molecular flexibility index (Phi) is 5.60. The van der Waals surface area contributed by atoms with E-state index in [1.54, 1.807) is 0 Å². The molecule has 1 aromatic carbocycles. The van der Waals surface area contributed by atoms with Gasteiger partial charge in [0.2, 0.25) is 5.91 Å².